The summed E-state index contributed by atoms with van der Waals surface area (Å²) < 4.78 is 1.34. The molecule has 0 unspecified atom stereocenters. The number of nitrogens with zero attached hydrogens (tertiary/aromatic N) is 3. The van der Waals surface area contributed by atoms with Gasteiger partial charge in [-0.2, -0.15) is 5.10 Å². The van der Waals surface area contributed by atoms with E-state index in [2.05, 4.69) is 27.5 Å². The highest BCUT2D eigenvalue weighted by molar-refractivity contribution is 5.80. The molecule has 6 nitrogen and oxygen atoms in total. The first-order valence-corrected chi connectivity index (χ1v) is 9.34. The van der Waals surface area contributed by atoms with Crippen LogP contribution in [0.2, 0.25) is 0 Å². The third-order valence-corrected chi connectivity index (χ3v) is 6.11. The zero-order valence-electron chi connectivity index (χ0n) is 14.7. The van der Waals surface area contributed by atoms with Crippen molar-refractivity contribution in [3.8, 4) is 0 Å². The van der Waals surface area contributed by atoms with Gasteiger partial charge in [0, 0.05) is 38.7 Å². The number of amides is 1. The first-order valence-electron chi connectivity index (χ1n) is 9.34. The quantitative estimate of drug-likeness (QED) is 0.838. The number of hydrogen-bond donors (Lipinski definition) is 1. The van der Waals surface area contributed by atoms with E-state index in [0.717, 1.165) is 44.6 Å². The van der Waals surface area contributed by atoms with Gasteiger partial charge in [-0.3, -0.25) is 9.59 Å². The largest absolute Gasteiger partial charge is 0.370 e. The lowest BCUT2D eigenvalue weighted by Gasteiger charge is -2.33. The summed E-state index contributed by atoms with van der Waals surface area (Å²) in [6.45, 7) is 2.59. The van der Waals surface area contributed by atoms with Crippen molar-refractivity contribution in [2.75, 3.05) is 24.5 Å². The average Bonchev–Trinajstić information content (AvgIpc) is 3.26. The molecule has 4 rings (SSSR count). The van der Waals surface area contributed by atoms with Crippen molar-refractivity contribution in [3.63, 3.8) is 0 Å². The number of hydrogen-bond acceptors (Lipinski definition) is 4. The zero-order valence-corrected chi connectivity index (χ0v) is 14.7. The van der Waals surface area contributed by atoms with Gasteiger partial charge in [0.1, 0.15) is 0 Å². The summed E-state index contributed by atoms with van der Waals surface area (Å²) in [6, 6.07) is 1.65. The second kappa shape index (κ2) is 6.65. The molecule has 25 heavy (non-hydrogen) atoms. The molecule has 0 spiro atoms. The van der Waals surface area contributed by atoms with Crippen molar-refractivity contribution >= 4 is 11.6 Å². The number of fused-ring (bicyclic) bond motifs is 2. The van der Waals surface area contributed by atoms with Gasteiger partial charge in [-0.25, -0.2) is 4.68 Å². The number of anilines is 1. The highest BCUT2D eigenvalue weighted by Gasteiger charge is 2.39. The Morgan fingerprint density at radius 3 is 2.72 bits per heavy atom. The van der Waals surface area contributed by atoms with E-state index in [4.69, 9.17) is 0 Å². The van der Waals surface area contributed by atoms with Gasteiger partial charge in [-0.05, 0) is 43.4 Å². The monoisotopic (exact) mass is 342 g/mol. The molecular formula is C19H26N4O2. The molecule has 6 heteroatoms. The topological polar surface area (TPSA) is 67.2 Å². The molecule has 2 bridgehead atoms. The molecule has 1 saturated carbocycles. The molecule has 1 saturated heterocycles. The molecular weight excluding hydrogens is 316 g/mol. The van der Waals surface area contributed by atoms with Crippen molar-refractivity contribution < 1.29 is 4.79 Å². The Morgan fingerprint density at radius 2 is 2.08 bits per heavy atom. The van der Waals surface area contributed by atoms with E-state index in [0.29, 0.717) is 17.8 Å². The SMILES string of the molecule is Cn1ncc(N2CCC(CNC(=O)[C@@H]3C[C@H]4C=C[C@@H]3C4)CC2)cc1=O. The number of aryl methyl sites for hydroxylation is 1. The van der Waals surface area contributed by atoms with Crippen LogP contribution >= 0.6 is 0 Å². The molecule has 1 aromatic heterocycles. The maximum Gasteiger partial charge on any atom is 0.268 e. The van der Waals surface area contributed by atoms with Crippen LogP contribution in [0.5, 0.6) is 0 Å². The fourth-order valence-corrected chi connectivity index (χ4v) is 4.49. The van der Waals surface area contributed by atoms with Gasteiger partial charge < -0.3 is 10.2 Å². The number of rotatable bonds is 4. The van der Waals surface area contributed by atoms with E-state index in [1.54, 1.807) is 19.3 Å². The molecule has 1 aliphatic heterocycles. The smallest absolute Gasteiger partial charge is 0.268 e. The van der Waals surface area contributed by atoms with Gasteiger partial charge in [0.25, 0.3) is 5.56 Å². The number of carbonyl (C=O) groups is 1. The number of allylic oxidation sites excluding steroid dienone is 2. The highest BCUT2D eigenvalue weighted by atomic mass is 16.2. The van der Waals surface area contributed by atoms with E-state index in [1.165, 1.54) is 11.1 Å². The second-order valence-electron chi connectivity index (χ2n) is 7.74. The first kappa shape index (κ1) is 16.4. The standard InChI is InChI=1S/C19H26N4O2/c1-22-18(24)10-16(12-21-22)23-6-4-13(5-7-23)11-20-19(25)17-9-14-2-3-15(17)8-14/h2-3,10,12-15,17H,4-9,11H2,1H3,(H,20,25)/t14-,15+,17+/m0/s1. The number of piperidine rings is 1. The summed E-state index contributed by atoms with van der Waals surface area (Å²) in [7, 11) is 1.66. The van der Waals surface area contributed by atoms with Crippen molar-refractivity contribution in [2.24, 2.45) is 30.7 Å². The summed E-state index contributed by atoms with van der Waals surface area (Å²) in [4.78, 5) is 26.4. The Morgan fingerprint density at radius 1 is 1.28 bits per heavy atom. The number of nitrogens with one attached hydrogen (secondary N) is 1. The van der Waals surface area contributed by atoms with Crippen molar-refractivity contribution in [1.82, 2.24) is 15.1 Å². The molecule has 2 heterocycles. The fraction of sp³-hybridized carbons (Fsp3) is 0.632. The minimum atomic E-state index is -0.0770. The molecule has 3 aliphatic rings. The van der Waals surface area contributed by atoms with Crippen LogP contribution < -0.4 is 15.8 Å². The van der Waals surface area contributed by atoms with Gasteiger partial charge in [0.2, 0.25) is 5.91 Å². The van der Waals surface area contributed by atoms with E-state index in [-0.39, 0.29) is 17.4 Å². The van der Waals surface area contributed by atoms with Crippen LogP contribution in [-0.2, 0) is 11.8 Å². The van der Waals surface area contributed by atoms with Gasteiger partial charge in [-0.15, -0.1) is 0 Å². The normalized spacial score (nSPS) is 28.5. The second-order valence-corrected chi connectivity index (χ2v) is 7.74. The van der Waals surface area contributed by atoms with Gasteiger partial charge in [0.15, 0.2) is 0 Å². The van der Waals surface area contributed by atoms with Crippen LogP contribution in [0, 0.1) is 23.7 Å². The summed E-state index contributed by atoms with van der Waals surface area (Å²) in [6.07, 6.45) is 10.5. The Kier molecular flexibility index (Phi) is 4.36. The van der Waals surface area contributed by atoms with Gasteiger partial charge in [0.05, 0.1) is 11.9 Å². The van der Waals surface area contributed by atoms with Crippen molar-refractivity contribution in [3.05, 3.63) is 34.8 Å². The zero-order chi connectivity index (χ0) is 17.4. The minimum Gasteiger partial charge on any atom is -0.370 e. The number of carbonyl (C=O) groups excluding carboxylic acids is 1. The maximum atomic E-state index is 12.4. The predicted molar refractivity (Wildman–Crippen MR) is 96.3 cm³/mol. The lowest BCUT2D eigenvalue weighted by molar-refractivity contribution is -0.125. The molecule has 2 aliphatic carbocycles. The van der Waals surface area contributed by atoms with Crippen LogP contribution in [-0.4, -0.2) is 35.3 Å². The lowest BCUT2D eigenvalue weighted by atomic mass is 9.92. The minimum absolute atomic E-state index is 0.0770. The average molecular weight is 342 g/mol. The Hall–Kier alpha value is -2.11. The Labute approximate surface area is 147 Å². The van der Waals surface area contributed by atoms with E-state index in [9.17, 15) is 9.59 Å². The van der Waals surface area contributed by atoms with Crippen LogP contribution in [0.15, 0.2) is 29.2 Å². The molecule has 0 aromatic carbocycles. The van der Waals surface area contributed by atoms with E-state index >= 15 is 0 Å². The Bertz CT molecular complexity index is 733. The van der Waals surface area contributed by atoms with Gasteiger partial charge in [-0.1, -0.05) is 12.2 Å². The predicted octanol–water partition coefficient (Wildman–Crippen LogP) is 1.33. The first-order chi connectivity index (χ1) is 12.1. The Balaban J connectivity index is 1.25. The molecule has 3 atom stereocenters. The van der Waals surface area contributed by atoms with Crippen LogP contribution in [0.25, 0.3) is 0 Å². The highest BCUT2D eigenvalue weighted by Crippen LogP contribution is 2.43. The summed E-state index contributed by atoms with van der Waals surface area (Å²) >= 11 is 0. The van der Waals surface area contributed by atoms with Crippen LogP contribution in [0.4, 0.5) is 5.69 Å². The molecule has 134 valence electrons. The van der Waals surface area contributed by atoms with Crippen LogP contribution in [0.1, 0.15) is 25.7 Å². The van der Waals surface area contributed by atoms with Crippen LogP contribution in [0.3, 0.4) is 0 Å². The van der Waals surface area contributed by atoms with E-state index < -0.39 is 0 Å². The lowest BCUT2D eigenvalue weighted by Crippen LogP contribution is -2.41. The van der Waals surface area contributed by atoms with Crippen molar-refractivity contribution in [1.29, 1.82) is 0 Å². The van der Waals surface area contributed by atoms with E-state index in [1.807, 2.05) is 0 Å². The molecule has 2 fully saturated rings. The summed E-state index contributed by atoms with van der Waals surface area (Å²) in [5.74, 6) is 2.07. The maximum absolute atomic E-state index is 12.4. The summed E-state index contributed by atoms with van der Waals surface area (Å²) in [5, 5.41) is 7.29. The van der Waals surface area contributed by atoms with Gasteiger partial charge >= 0.3 is 0 Å². The fourth-order valence-electron chi connectivity index (χ4n) is 4.49. The van der Waals surface area contributed by atoms with Crippen molar-refractivity contribution in [2.45, 2.75) is 25.7 Å². The molecule has 0 radical (unpaired) electrons. The number of aromatic nitrogens is 2. The third kappa shape index (κ3) is 3.34. The summed E-state index contributed by atoms with van der Waals surface area (Å²) in [5.41, 5.74) is 0.825. The molecule has 1 N–H and O–H groups in total. The molecule has 1 aromatic rings. The third-order valence-electron chi connectivity index (χ3n) is 6.11. The molecule has 1 amide bonds.